The van der Waals surface area contributed by atoms with Crippen LogP contribution in [0.2, 0.25) is 0 Å². The predicted molar refractivity (Wildman–Crippen MR) is 71.9 cm³/mol. The van der Waals surface area contributed by atoms with Crippen molar-refractivity contribution in [1.29, 1.82) is 0 Å². The van der Waals surface area contributed by atoms with E-state index in [0.29, 0.717) is 0 Å². The van der Waals surface area contributed by atoms with Crippen molar-refractivity contribution in [3.8, 4) is 0 Å². The van der Waals surface area contributed by atoms with Crippen molar-refractivity contribution in [3.05, 3.63) is 35.6 Å². The molecule has 0 aliphatic carbocycles. The van der Waals surface area contributed by atoms with E-state index in [9.17, 15) is 9.18 Å². The van der Waals surface area contributed by atoms with E-state index in [0.717, 1.165) is 12.0 Å². The van der Waals surface area contributed by atoms with Crippen LogP contribution >= 0.6 is 11.8 Å². The molecule has 1 rings (SSSR count). The molecule has 0 saturated carbocycles. The molecule has 0 bridgehead atoms. The van der Waals surface area contributed by atoms with Gasteiger partial charge in [-0.1, -0.05) is 19.1 Å². The molecule has 0 fully saturated rings. The summed E-state index contributed by atoms with van der Waals surface area (Å²) >= 11 is 1.42. The zero-order chi connectivity index (χ0) is 13.5. The van der Waals surface area contributed by atoms with Gasteiger partial charge in [-0.15, -0.1) is 11.8 Å². The fourth-order valence-corrected chi connectivity index (χ4v) is 2.77. The number of ether oxygens (including phenoxy) is 1. The summed E-state index contributed by atoms with van der Waals surface area (Å²) in [4.78, 5) is 11.2. The second-order valence-corrected chi connectivity index (χ2v) is 5.06. The van der Waals surface area contributed by atoms with Gasteiger partial charge in [0.2, 0.25) is 0 Å². The summed E-state index contributed by atoms with van der Waals surface area (Å²) in [6.45, 7) is 1.99. The largest absolute Gasteiger partial charge is 0.468 e. The molecule has 3 nitrogen and oxygen atoms in total. The summed E-state index contributed by atoms with van der Waals surface area (Å²) in [5, 5.41) is -0.0327. The topological polar surface area (TPSA) is 52.3 Å². The number of thioether (sulfide) groups is 1. The Morgan fingerprint density at radius 2 is 2.06 bits per heavy atom. The first-order valence-electron chi connectivity index (χ1n) is 5.78. The first-order valence-corrected chi connectivity index (χ1v) is 6.82. The number of rotatable bonds is 6. The van der Waals surface area contributed by atoms with Gasteiger partial charge in [-0.2, -0.15) is 0 Å². The Labute approximate surface area is 111 Å². The third-order valence-electron chi connectivity index (χ3n) is 2.67. The van der Waals surface area contributed by atoms with Crippen molar-refractivity contribution >= 4 is 17.7 Å². The highest BCUT2D eigenvalue weighted by molar-refractivity contribution is 8.00. The number of benzene rings is 1. The molecule has 0 spiro atoms. The first kappa shape index (κ1) is 15.0. The van der Waals surface area contributed by atoms with Gasteiger partial charge in [-0.25, -0.2) is 4.39 Å². The van der Waals surface area contributed by atoms with Gasteiger partial charge in [0.05, 0.1) is 12.9 Å². The molecule has 0 amide bonds. The van der Waals surface area contributed by atoms with E-state index >= 15 is 0 Å². The smallest absolute Gasteiger partial charge is 0.315 e. The minimum Gasteiger partial charge on any atom is -0.468 e. The molecule has 100 valence electrons. The van der Waals surface area contributed by atoms with E-state index in [1.807, 2.05) is 6.92 Å². The summed E-state index contributed by atoms with van der Waals surface area (Å²) in [6.07, 6.45) is 0.788. The van der Waals surface area contributed by atoms with E-state index < -0.39 is 0 Å². The van der Waals surface area contributed by atoms with Gasteiger partial charge in [0, 0.05) is 11.3 Å². The van der Waals surface area contributed by atoms with Crippen LogP contribution in [0.1, 0.15) is 24.2 Å². The minimum atomic E-state index is -0.282. The first-order chi connectivity index (χ1) is 8.58. The summed E-state index contributed by atoms with van der Waals surface area (Å²) < 4.78 is 17.5. The lowest BCUT2D eigenvalue weighted by Crippen LogP contribution is -2.26. The number of esters is 1. The lowest BCUT2D eigenvalue weighted by atomic mass is 10.0. The lowest BCUT2D eigenvalue weighted by molar-refractivity contribution is -0.137. The molecule has 0 aromatic heterocycles. The van der Waals surface area contributed by atoms with Gasteiger partial charge in [-0.05, 0) is 24.1 Å². The molecule has 2 atom stereocenters. The molecule has 0 saturated heterocycles. The van der Waals surface area contributed by atoms with Crippen LogP contribution in [-0.2, 0) is 9.53 Å². The third-order valence-corrected chi connectivity index (χ3v) is 4.05. The Balaban J connectivity index is 2.77. The van der Waals surface area contributed by atoms with Gasteiger partial charge in [0.25, 0.3) is 0 Å². The molecule has 0 heterocycles. The van der Waals surface area contributed by atoms with E-state index in [4.69, 9.17) is 5.73 Å². The van der Waals surface area contributed by atoms with Gasteiger partial charge >= 0.3 is 5.97 Å². The number of carbonyl (C=O) groups is 1. The van der Waals surface area contributed by atoms with Crippen LogP contribution in [0.3, 0.4) is 0 Å². The van der Waals surface area contributed by atoms with E-state index in [1.54, 1.807) is 12.1 Å². The zero-order valence-electron chi connectivity index (χ0n) is 10.6. The second-order valence-electron chi connectivity index (χ2n) is 3.93. The standard InChI is InChI=1S/C13H18FNO2S/c1-3-11(15)13(18-8-12(16)17-2)9-4-6-10(14)7-5-9/h4-7,11,13H,3,8,15H2,1-2H3. The Morgan fingerprint density at radius 1 is 1.44 bits per heavy atom. The van der Waals surface area contributed by atoms with Crippen LogP contribution in [0.15, 0.2) is 24.3 Å². The summed E-state index contributed by atoms with van der Waals surface area (Å²) in [6, 6.07) is 6.15. The number of hydrogen-bond donors (Lipinski definition) is 1. The van der Waals surface area contributed by atoms with Gasteiger partial charge in [0.1, 0.15) is 5.82 Å². The maximum atomic E-state index is 12.9. The van der Waals surface area contributed by atoms with Crippen molar-refractivity contribution in [2.75, 3.05) is 12.9 Å². The van der Waals surface area contributed by atoms with Crippen molar-refractivity contribution < 1.29 is 13.9 Å². The maximum Gasteiger partial charge on any atom is 0.315 e. The molecule has 1 aromatic carbocycles. The third kappa shape index (κ3) is 4.31. The molecular weight excluding hydrogens is 253 g/mol. The fourth-order valence-electron chi connectivity index (χ4n) is 1.55. The van der Waals surface area contributed by atoms with E-state index in [2.05, 4.69) is 4.74 Å². The molecule has 1 aromatic rings. The van der Waals surface area contributed by atoms with Crippen LogP contribution in [0.4, 0.5) is 4.39 Å². The van der Waals surface area contributed by atoms with Crippen LogP contribution in [0.5, 0.6) is 0 Å². The average Bonchev–Trinajstić information content (AvgIpc) is 2.40. The summed E-state index contributed by atoms with van der Waals surface area (Å²) in [5.41, 5.74) is 6.98. The Bertz CT molecular complexity index is 383. The van der Waals surface area contributed by atoms with Crippen LogP contribution in [-0.4, -0.2) is 24.9 Å². The molecule has 0 aliphatic heterocycles. The zero-order valence-corrected chi connectivity index (χ0v) is 11.4. The van der Waals surface area contributed by atoms with Crippen molar-refractivity contribution in [2.45, 2.75) is 24.6 Å². The Morgan fingerprint density at radius 3 is 2.56 bits per heavy atom. The molecule has 0 aliphatic rings. The normalized spacial score (nSPS) is 14.0. The number of carbonyl (C=O) groups excluding carboxylic acids is 1. The number of nitrogens with two attached hydrogens (primary N) is 1. The highest BCUT2D eigenvalue weighted by Crippen LogP contribution is 2.32. The predicted octanol–water partition coefficient (Wildman–Crippen LogP) is 2.51. The number of methoxy groups -OCH3 is 1. The highest BCUT2D eigenvalue weighted by atomic mass is 32.2. The Hall–Kier alpha value is -1.07. The quantitative estimate of drug-likeness (QED) is 0.808. The molecule has 18 heavy (non-hydrogen) atoms. The fraction of sp³-hybridized carbons (Fsp3) is 0.462. The molecule has 2 unspecified atom stereocenters. The molecular formula is C13H18FNO2S. The van der Waals surface area contributed by atoms with Crippen molar-refractivity contribution in [2.24, 2.45) is 5.73 Å². The van der Waals surface area contributed by atoms with Gasteiger partial charge in [-0.3, -0.25) is 4.79 Å². The average molecular weight is 271 g/mol. The van der Waals surface area contributed by atoms with Crippen LogP contribution in [0, 0.1) is 5.82 Å². The monoisotopic (exact) mass is 271 g/mol. The molecule has 0 radical (unpaired) electrons. The van der Waals surface area contributed by atoms with E-state index in [-0.39, 0.29) is 28.8 Å². The number of halogens is 1. The van der Waals surface area contributed by atoms with Gasteiger partial charge in [0.15, 0.2) is 0 Å². The SMILES string of the molecule is CCC(N)C(SCC(=O)OC)c1ccc(F)cc1. The minimum absolute atomic E-state index is 0.0327. The van der Waals surface area contributed by atoms with E-state index in [1.165, 1.54) is 31.0 Å². The van der Waals surface area contributed by atoms with Gasteiger partial charge < -0.3 is 10.5 Å². The lowest BCUT2D eigenvalue weighted by Gasteiger charge is -2.22. The maximum absolute atomic E-state index is 12.9. The molecule has 2 N–H and O–H groups in total. The number of hydrogen-bond acceptors (Lipinski definition) is 4. The van der Waals surface area contributed by atoms with Crippen molar-refractivity contribution in [1.82, 2.24) is 0 Å². The highest BCUT2D eigenvalue weighted by Gasteiger charge is 2.20. The van der Waals surface area contributed by atoms with Crippen molar-refractivity contribution in [3.63, 3.8) is 0 Å². The molecule has 5 heteroatoms. The van der Waals surface area contributed by atoms with Crippen LogP contribution < -0.4 is 5.73 Å². The Kier molecular flexibility index (Phi) is 6.15. The summed E-state index contributed by atoms with van der Waals surface area (Å²) in [5.74, 6) is -0.317. The second kappa shape index (κ2) is 7.38. The summed E-state index contributed by atoms with van der Waals surface area (Å²) in [7, 11) is 1.36. The van der Waals surface area contributed by atoms with Crippen LogP contribution in [0.25, 0.3) is 0 Å².